The van der Waals surface area contributed by atoms with E-state index in [9.17, 15) is 0 Å². The van der Waals surface area contributed by atoms with Crippen molar-refractivity contribution in [3.63, 3.8) is 0 Å². The molecule has 5 heterocycles. The van der Waals surface area contributed by atoms with Crippen molar-refractivity contribution in [3.05, 3.63) is 97.7 Å². The Kier molecular flexibility index (Phi) is 4.30. The first-order valence-electron chi connectivity index (χ1n) is 12.5. The van der Waals surface area contributed by atoms with Crippen LogP contribution in [0.2, 0.25) is 0 Å². The Morgan fingerprint density at radius 1 is 0.564 bits per heavy atom. The molecule has 0 saturated carbocycles. The zero-order valence-corrected chi connectivity index (χ0v) is 21.9. The second kappa shape index (κ2) is 7.89. The molecule has 0 aliphatic heterocycles. The van der Waals surface area contributed by atoms with Gasteiger partial charge >= 0.3 is 0 Å². The molecule has 0 bridgehead atoms. The van der Waals surface area contributed by atoms with Crippen molar-refractivity contribution < 1.29 is 4.42 Å². The Morgan fingerprint density at radius 2 is 1.33 bits per heavy atom. The predicted molar refractivity (Wildman–Crippen MR) is 162 cm³/mol. The summed E-state index contributed by atoms with van der Waals surface area (Å²) in [5.41, 5.74) is 8.08. The quantitative estimate of drug-likeness (QED) is 0.220. The average molecular weight is 537 g/mol. The van der Waals surface area contributed by atoms with Gasteiger partial charge in [-0.1, -0.05) is 42.5 Å². The molecular formula is C32H16N4OS2. The molecule has 182 valence electrons. The van der Waals surface area contributed by atoms with Crippen molar-refractivity contribution in [3.8, 4) is 22.4 Å². The van der Waals surface area contributed by atoms with E-state index < -0.39 is 0 Å². The van der Waals surface area contributed by atoms with Gasteiger partial charge in [-0.3, -0.25) is 0 Å². The SMILES string of the molecule is c1ccc2c(c1)sc1c(-c3ccc4oc5ccc(-c6cccc7c6sc6cncnc67)cc5c4c3)ncnc12. The molecule has 9 aromatic rings. The van der Waals surface area contributed by atoms with Gasteiger partial charge in [0.2, 0.25) is 0 Å². The molecular weight excluding hydrogens is 521 g/mol. The predicted octanol–water partition coefficient (Wildman–Crippen LogP) is 9.24. The van der Waals surface area contributed by atoms with E-state index in [1.807, 2.05) is 6.20 Å². The van der Waals surface area contributed by atoms with E-state index >= 15 is 0 Å². The Hall–Kier alpha value is -4.72. The lowest BCUT2D eigenvalue weighted by molar-refractivity contribution is 0.669. The van der Waals surface area contributed by atoms with Crippen molar-refractivity contribution in [1.82, 2.24) is 19.9 Å². The lowest BCUT2D eigenvalue weighted by Gasteiger charge is -2.04. The molecule has 4 aromatic carbocycles. The molecule has 0 aliphatic rings. The molecule has 0 N–H and O–H groups in total. The zero-order valence-electron chi connectivity index (χ0n) is 20.3. The summed E-state index contributed by atoms with van der Waals surface area (Å²) in [7, 11) is 0. The number of hydrogen-bond donors (Lipinski definition) is 0. The Labute approximate surface area is 229 Å². The third-order valence-corrected chi connectivity index (χ3v) is 9.70. The number of rotatable bonds is 2. The molecule has 9 rings (SSSR count). The van der Waals surface area contributed by atoms with Crippen LogP contribution in [0.3, 0.4) is 0 Å². The van der Waals surface area contributed by atoms with Crippen molar-refractivity contribution in [2.24, 2.45) is 0 Å². The normalized spacial score (nSPS) is 12.1. The van der Waals surface area contributed by atoms with Crippen LogP contribution in [0, 0.1) is 0 Å². The maximum atomic E-state index is 6.26. The maximum absolute atomic E-state index is 6.26. The molecule has 0 saturated heterocycles. The largest absolute Gasteiger partial charge is 0.456 e. The number of benzene rings is 4. The summed E-state index contributed by atoms with van der Waals surface area (Å²) in [5, 5.41) is 4.49. The van der Waals surface area contributed by atoms with E-state index in [1.165, 1.54) is 20.3 Å². The number of nitrogens with zero attached hydrogens (tertiary/aromatic N) is 4. The summed E-state index contributed by atoms with van der Waals surface area (Å²) in [6.07, 6.45) is 5.18. The summed E-state index contributed by atoms with van der Waals surface area (Å²) < 4.78 is 10.9. The van der Waals surface area contributed by atoms with E-state index in [2.05, 4.69) is 93.8 Å². The van der Waals surface area contributed by atoms with Crippen molar-refractivity contribution in [2.45, 2.75) is 0 Å². The molecule has 5 nitrogen and oxygen atoms in total. The topological polar surface area (TPSA) is 64.7 Å². The summed E-state index contributed by atoms with van der Waals surface area (Å²) in [6.45, 7) is 0. The van der Waals surface area contributed by atoms with Gasteiger partial charge in [0, 0.05) is 42.7 Å². The molecule has 0 unspecified atom stereocenters. The highest BCUT2D eigenvalue weighted by Crippen LogP contribution is 2.42. The number of thiophene rings is 2. The maximum Gasteiger partial charge on any atom is 0.135 e. The Balaban J connectivity index is 1.26. The van der Waals surface area contributed by atoms with Crippen LogP contribution in [0.15, 0.2) is 102 Å². The van der Waals surface area contributed by atoms with E-state index in [1.54, 1.807) is 35.3 Å². The minimum Gasteiger partial charge on any atom is -0.456 e. The van der Waals surface area contributed by atoms with E-state index in [0.717, 1.165) is 64.6 Å². The molecule has 0 amide bonds. The number of aromatic nitrogens is 4. The van der Waals surface area contributed by atoms with E-state index in [4.69, 9.17) is 9.40 Å². The van der Waals surface area contributed by atoms with Gasteiger partial charge in [0.15, 0.2) is 0 Å². The van der Waals surface area contributed by atoms with Crippen LogP contribution in [-0.4, -0.2) is 19.9 Å². The van der Waals surface area contributed by atoms with Gasteiger partial charge in [0.1, 0.15) is 23.8 Å². The molecule has 5 aromatic heterocycles. The summed E-state index contributed by atoms with van der Waals surface area (Å²) in [5.74, 6) is 0. The molecule has 0 spiro atoms. The Morgan fingerprint density at radius 3 is 2.26 bits per heavy atom. The van der Waals surface area contributed by atoms with Gasteiger partial charge < -0.3 is 4.42 Å². The van der Waals surface area contributed by atoms with Crippen molar-refractivity contribution in [1.29, 1.82) is 0 Å². The minimum absolute atomic E-state index is 0.864. The van der Waals surface area contributed by atoms with Crippen molar-refractivity contribution >= 4 is 85.2 Å². The summed E-state index contributed by atoms with van der Waals surface area (Å²) in [6, 6.07) is 27.6. The first kappa shape index (κ1) is 21.2. The second-order valence-electron chi connectivity index (χ2n) is 9.54. The smallest absolute Gasteiger partial charge is 0.135 e. The Bertz CT molecular complexity index is 2250. The minimum atomic E-state index is 0.864. The number of hydrogen-bond acceptors (Lipinski definition) is 7. The van der Waals surface area contributed by atoms with Crippen LogP contribution in [-0.2, 0) is 0 Å². The molecule has 0 aliphatic carbocycles. The monoisotopic (exact) mass is 536 g/mol. The summed E-state index contributed by atoms with van der Waals surface area (Å²) in [4.78, 5) is 18.1. The molecule has 0 atom stereocenters. The van der Waals surface area contributed by atoms with Crippen LogP contribution in [0.5, 0.6) is 0 Å². The van der Waals surface area contributed by atoms with Crippen molar-refractivity contribution in [2.75, 3.05) is 0 Å². The van der Waals surface area contributed by atoms with E-state index in [-0.39, 0.29) is 0 Å². The highest BCUT2D eigenvalue weighted by atomic mass is 32.1. The van der Waals surface area contributed by atoms with Gasteiger partial charge in [-0.15, -0.1) is 22.7 Å². The standard InChI is InChI=1S/C32H16N4OS2/c1-2-7-26-20(4-1)30-32(38-26)28(35-16-36-30)18-9-11-25-23(13-18)22-12-17(8-10-24(22)37-25)19-5-3-6-21-29-27(39-31(19)21)14-33-15-34-29/h1-16H. The third-order valence-electron chi connectivity index (χ3n) is 7.37. The van der Waals surface area contributed by atoms with Crippen LogP contribution >= 0.6 is 22.7 Å². The zero-order chi connectivity index (χ0) is 25.5. The lowest BCUT2D eigenvalue weighted by Crippen LogP contribution is -1.86. The van der Waals surface area contributed by atoms with E-state index in [0.29, 0.717) is 0 Å². The summed E-state index contributed by atoms with van der Waals surface area (Å²) >= 11 is 3.47. The first-order valence-corrected chi connectivity index (χ1v) is 14.2. The second-order valence-corrected chi connectivity index (χ2v) is 11.6. The van der Waals surface area contributed by atoms with Crippen LogP contribution in [0.4, 0.5) is 0 Å². The fourth-order valence-electron chi connectivity index (χ4n) is 5.59. The fraction of sp³-hybridized carbons (Fsp3) is 0. The molecule has 0 fully saturated rings. The number of fused-ring (bicyclic) bond motifs is 9. The lowest BCUT2D eigenvalue weighted by atomic mass is 10.0. The van der Waals surface area contributed by atoms with Gasteiger partial charge in [-0.25, -0.2) is 19.9 Å². The highest BCUT2D eigenvalue weighted by molar-refractivity contribution is 7.26. The van der Waals surface area contributed by atoms with Crippen LogP contribution in [0.25, 0.3) is 84.9 Å². The highest BCUT2D eigenvalue weighted by Gasteiger charge is 2.16. The van der Waals surface area contributed by atoms with Gasteiger partial charge in [0.25, 0.3) is 0 Å². The van der Waals surface area contributed by atoms with Crippen LogP contribution in [0.1, 0.15) is 0 Å². The fourth-order valence-corrected chi connectivity index (χ4v) is 7.92. The van der Waals surface area contributed by atoms with Gasteiger partial charge in [-0.05, 0) is 47.5 Å². The number of furan rings is 1. The molecule has 0 radical (unpaired) electrons. The average Bonchev–Trinajstić information content (AvgIpc) is 3.67. The molecule has 39 heavy (non-hydrogen) atoms. The first-order chi connectivity index (χ1) is 19.3. The van der Waals surface area contributed by atoms with Gasteiger partial charge in [0.05, 0.1) is 26.1 Å². The third kappa shape index (κ3) is 3.05. The molecule has 7 heteroatoms. The van der Waals surface area contributed by atoms with Crippen LogP contribution < -0.4 is 0 Å². The van der Waals surface area contributed by atoms with Gasteiger partial charge in [-0.2, -0.15) is 0 Å².